The maximum absolute atomic E-state index is 10.9. The molecule has 1 aromatic carbocycles. The minimum absolute atomic E-state index is 0.410. The van der Waals surface area contributed by atoms with Crippen LogP contribution in [-0.4, -0.2) is 11.1 Å². The summed E-state index contributed by atoms with van der Waals surface area (Å²) in [5, 5.41) is 8.97. The van der Waals surface area contributed by atoms with Gasteiger partial charge in [-0.15, -0.1) is 0 Å². The molecule has 0 aliphatic heterocycles. The van der Waals surface area contributed by atoms with Crippen molar-refractivity contribution < 1.29 is 9.90 Å². The Kier molecular flexibility index (Phi) is 4.14. The van der Waals surface area contributed by atoms with Gasteiger partial charge in [0.25, 0.3) is 0 Å². The lowest BCUT2D eigenvalue weighted by Crippen LogP contribution is -2.03. The van der Waals surface area contributed by atoms with Crippen LogP contribution < -0.4 is 0 Å². The van der Waals surface area contributed by atoms with E-state index in [1.165, 1.54) is 0 Å². The first kappa shape index (κ1) is 11.2. The fraction of sp³-hybridized carbons (Fsp3) is 0.364. The largest absolute Gasteiger partial charge is 0.478 e. The second-order valence-corrected chi connectivity index (χ2v) is 4.03. The SMILES string of the molecule is CCCCc1c(Br)cccc1C(=O)O. The number of benzene rings is 1. The minimum atomic E-state index is -0.850. The average Bonchev–Trinajstić information content (AvgIpc) is 2.15. The van der Waals surface area contributed by atoms with Gasteiger partial charge in [-0.1, -0.05) is 35.3 Å². The Morgan fingerprint density at radius 3 is 2.79 bits per heavy atom. The van der Waals surface area contributed by atoms with Crippen molar-refractivity contribution in [2.24, 2.45) is 0 Å². The van der Waals surface area contributed by atoms with Crippen molar-refractivity contribution in [3.8, 4) is 0 Å². The molecule has 1 N–H and O–H groups in total. The van der Waals surface area contributed by atoms with E-state index < -0.39 is 5.97 Å². The van der Waals surface area contributed by atoms with Gasteiger partial charge in [-0.05, 0) is 30.5 Å². The summed E-state index contributed by atoms with van der Waals surface area (Å²) in [5.41, 5.74) is 1.31. The van der Waals surface area contributed by atoms with Crippen LogP contribution in [0.2, 0.25) is 0 Å². The van der Waals surface area contributed by atoms with Crippen molar-refractivity contribution in [3.63, 3.8) is 0 Å². The molecule has 0 aliphatic rings. The molecule has 0 amide bonds. The summed E-state index contributed by atoms with van der Waals surface area (Å²) in [6.07, 6.45) is 2.91. The average molecular weight is 257 g/mol. The highest BCUT2D eigenvalue weighted by Crippen LogP contribution is 2.22. The Morgan fingerprint density at radius 2 is 2.21 bits per heavy atom. The fourth-order valence-electron chi connectivity index (χ4n) is 1.37. The maximum Gasteiger partial charge on any atom is 0.336 e. The lowest BCUT2D eigenvalue weighted by molar-refractivity contribution is 0.0695. The van der Waals surface area contributed by atoms with Gasteiger partial charge in [0.15, 0.2) is 0 Å². The normalized spacial score (nSPS) is 10.1. The van der Waals surface area contributed by atoms with Crippen LogP contribution in [0, 0.1) is 0 Å². The third kappa shape index (κ3) is 2.58. The molecule has 0 radical (unpaired) electrons. The molecule has 0 fully saturated rings. The zero-order valence-electron chi connectivity index (χ0n) is 8.09. The summed E-state index contributed by atoms with van der Waals surface area (Å²) in [7, 11) is 0. The van der Waals surface area contributed by atoms with E-state index in [1.54, 1.807) is 12.1 Å². The quantitative estimate of drug-likeness (QED) is 0.896. The van der Waals surface area contributed by atoms with E-state index in [0.29, 0.717) is 5.56 Å². The van der Waals surface area contributed by atoms with Gasteiger partial charge in [-0.3, -0.25) is 0 Å². The van der Waals surface area contributed by atoms with E-state index in [9.17, 15) is 4.79 Å². The zero-order valence-corrected chi connectivity index (χ0v) is 9.67. The summed E-state index contributed by atoms with van der Waals surface area (Å²) in [4.78, 5) is 10.9. The topological polar surface area (TPSA) is 37.3 Å². The summed E-state index contributed by atoms with van der Waals surface area (Å²) < 4.78 is 0.894. The lowest BCUT2D eigenvalue weighted by Gasteiger charge is -2.07. The highest BCUT2D eigenvalue weighted by Gasteiger charge is 2.11. The third-order valence-corrected chi connectivity index (χ3v) is 2.87. The number of aromatic carboxylic acids is 1. The molecule has 0 saturated heterocycles. The number of carboxylic acids is 1. The molecule has 0 aliphatic carbocycles. The smallest absolute Gasteiger partial charge is 0.336 e. The van der Waals surface area contributed by atoms with E-state index in [4.69, 9.17) is 5.11 Å². The summed E-state index contributed by atoms with van der Waals surface area (Å²) >= 11 is 3.38. The molecule has 76 valence electrons. The molecule has 0 aromatic heterocycles. The van der Waals surface area contributed by atoms with Gasteiger partial charge in [-0.25, -0.2) is 4.79 Å². The molecule has 1 aromatic rings. The Bertz CT molecular complexity index is 334. The number of halogens is 1. The first-order chi connectivity index (χ1) is 6.66. The second-order valence-electron chi connectivity index (χ2n) is 3.17. The molecule has 0 atom stereocenters. The van der Waals surface area contributed by atoms with E-state index in [0.717, 1.165) is 29.3 Å². The van der Waals surface area contributed by atoms with Crippen molar-refractivity contribution in [1.29, 1.82) is 0 Å². The van der Waals surface area contributed by atoms with E-state index >= 15 is 0 Å². The Hall–Kier alpha value is -0.830. The van der Waals surface area contributed by atoms with E-state index in [1.807, 2.05) is 6.07 Å². The molecule has 14 heavy (non-hydrogen) atoms. The summed E-state index contributed by atoms with van der Waals surface area (Å²) in [6, 6.07) is 5.29. The van der Waals surface area contributed by atoms with E-state index in [2.05, 4.69) is 22.9 Å². The molecule has 0 spiro atoms. The maximum atomic E-state index is 10.9. The van der Waals surface area contributed by atoms with Crippen molar-refractivity contribution in [2.75, 3.05) is 0 Å². The van der Waals surface area contributed by atoms with Crippen molar-refractivity contribution >= 4 is 21.9 Å². The van der Waals surface area contributed by atoms with Crippen LogP contribution in [0.1, 0.15) is 35.7 Å². The van der Waals surface area contributed by atoms with Crippen molar-refractivity contribution in [3.05, 3.63) is 33.8 Å². The van der Waals surface area contributed by atoms with Crippen LogP contribution in [0.25, 0.3) is 0 Å². The molecule has 0 unspecified atom stereocenters. The Balaban J connectivity index is 3.02. The van der Waals surface area contributed by atoms with Crippen molar-refractivity contribution in [2.45, 2.75) is 26.2 Å². The molecule has 3 heteroatoms. The predicted molar refractivity (Wildman–Crippen MR) is 59.7 cm³/mol. The van der Waals surface area contributed by atoms with E-state index in [-0.39, 0.29) is 0 Å². The standard InChI is InChI=1S/C11H13BrO2/c1-2-3-5-8-9(11(13)14)6-4-7-10(8)12/h4,6-7H,2-3,5H2,1H3,(H,13,14). The number of carbonyl (C=O) groups is 1. The third-order valence-electron chi connectivity index (χ3n) is 2.13. The second kappa shape index (κ2) is 5.15. The summed E-state index contributed by atoms with van der Waals surface area (Å²) in [6.45, 7) is 2.09. The van der Waals surface area contributed by atoms with Gasteiger partial charge in [0, 0.05) is 4.47 Å². The van der Waals surface area contributed by atoms with Crippen molar-refractivity contribution in [1.82, 2.24) is 0 Å². The molecule has 1 rings (SSSR count). The number of carboxylic acid groups (broad SMARTS) is 1. The molecule has 0 saturated carbocycles. The van der Waals surface area contributed by atoms with Crippen LogP contribution in [0.4, 0.5) is 0 Å². The minimum Gasteiger partial charge on any atom is -0.478 e. The first-order valence-electron chi connectivity index (χ1n) is 4.67. The fourth-order valence-corrected chi connectivity index (χ4v) is 1.93. The molecule has 0 bridgehead atoms. The predicted octanol–water partition coefficient (Wildman–Crippen LogP) is 3.49. The molecular weight excluding hydrogens is 244 g/mol. The molecule has 0 heterocycles. The van der Waals surface area contributed by atoms with Crippen LogP contribution in [0.5, 0.6) is 0 Å². The molecule has 2 nitrogen and oxygen atoms in total. The summed E-state index contributed by atoms with van der Waals surface area (Å²) in [5.74, 6) is -0.850. The number of hydrogen-bond acceptors (Lipinski definition) is 1. The van der Waals surface area contributed by atoms with Crippen LogP contribution in [0.15, 0.2) is 22.7 Å². The van der Waals surface area contributed by atoms with Gasteiger partial charge in [0.1, 0.15) is 0 Å². The lowest BCUT2D eigenvalue weighted by atomic mass is 10.0. The Labute approximate surface area is 92.1 Å². The van der Waals surface area contributed by atoms with Gasteiger partial charge >= 0.3 is 5.97 Å². The highest BCUT2D eigenvalue weighted by molar-refractivity contribution is 9.10. The van der Waals surface area contributed by atoms with Crippen LogP contribution in [0.3, 0.4) is 0 Å². The van der Waals surface area contributed by atoms with Crippen LogP contribution >= 0.6 is 15.9 Å². The number of hydrogen-bond donors (Lipinski definition) is 1. The number of rotatable bonds is 4. The highest BCUT2D eigenvalue weighted by atomic mass is 79.9. The van der Waals surface area contributed by atoms with Gasteiger partial charge in [-0.2, -0.15) is 0 Å². The monoisotopic (exact) mass is 256 g/mol. The number of unbranched alkanes of at least 4 members (excludes halogenated alkanes) is 1. The van der Waals surface area contributed by atoms with Gasteiger partial charge < -0.3 is 5.11 Å². The van der Waals surface area contributed by atoms with Gasteiger partial charge in [0.2, 0.25) is 0 Å². The van der Waals surface area contributed by atoms with Crippen LogP contribution in [-0.2, 0) is 6.42 Å². The Morgan fingerprint density at radius 1 is 1.50 bits per heavy atom. The molecular formula is C11H13BrO2. The zero-order chi connectivity index (χ0) is 10.6. The first-order valence-corrected chi connectivity index (χ1v) is 5.46. The van der Waals surface area contributed by atoms with Gasteiger partial charge in [0.05, 0.1) is 5.56 Å².